The van der Waals surface area contributed by atoms with Gasteiger partial charge in [0.15, 0.2) is 10.3 Å². The third kappa shape index (κ3) is 1.83. The predicted octanol–water partition coefficient (Wildman–Crippen LogP) is 2.77. The van der Waals surface area contributed by atoms with Crippen LogP contribution in [0.5, 0.6) is 0 Å². The topological polar surface area (TPSA) is 37.0 Å². The number of nitrogens with zero attached hydrogens (tertiary/aromatic N) is 2. The van der Waals surface area contributed by atoms with E-state index in [0.29, 0.717) is 10.3 Å². The molecular weight excluding hydrogens is 220 g/mol. The lowest BCUT2D eigenvalue weighted by molar-refractivity contribution is 0.321. The van der Waals surface area contributed by atoms with Crippen molar-refractivity contribution in [1.29, 1.82) is 0 Å². The first-order valence-corrected chi connectivity index (χ1v) is 3.92. The molecule has 0 spiro atoms. The zero-order valence-electron chi connectivity index (χ0n) is 6.03. The second-order valence-corrected chi connectivity index (χ2v) is 2.80. The molecule has 0 atom stereocenters. The Morgan fingerprint density at radius 1 is 1.42 bits per heavy atom. The summed E-state index contributed by atoms with van der Waals surface area (Å²) < 4.78 is 0.360. The number of hydrogen-bond acceptors (Lipinski definition) is 2. The lowest BCUT2D eigenvalue weighted by Crippen LogP contribution is -1.87. The van der Waals surface area contributed by atoms with E-state index in [-0.39, 0.29) is 0 Å². The molecule has 0 unspecified atom stereocenters. The fourth-order valence-electron chi connectivity index (χ4n) is 0.731. The van der Waals surface area contributed by atoms with Gasteiger partial charge >= 0.3 is 0 Å². The van der Waals surface area contributed by atoms with E-state index in [1.54, 1.807) is 24.3 Å². The fourth-order valence-corrected chi connectivity index (χ4v) is 0.996. The van der Waals surface area contributed by atoms with E-state index in [4.69, 9.17) is 11.8 Å². The average molecular weight is 225 g/mol. The summed E-state index contributed by atoms with van der Waals surface area (Å²) in [7, 11) is 0. The van der Waals surface area contributed by atoms with E-state index < -0.39 is 0 Å². The van der Waals surface area contributed by atoms with Crippen LogP contribution in [0, 0.1) is 6.57 Å². The molecule has 0 aliphatic rings. The minimum atomic E-state index is 0.360. The van der Waals surface area contributed by atoms with Crippen molar-refractivity contribution in [2.24, 2.45) is 5.16 Å². The summed E-state index contributed by atoms with van der Waals surface area (Å²) in [5, 5.41) is 11.4. The van der Waals surface area contributed by atoms with Crippen LogP contribution in [0.1, 0.15) is 5.56 Å². The van der Waals surface area contributed by atoms with Gasteiger partial charge in [0.05, 0.1) is 6.57 Å². The Morgan fingerprint density at radius 3 is 2.42 bits per heavy atom. The number of oxime groups is 1. The normalized spacial score (nSPS) is 10.8. The maximum absolute atomic E-state index is 8.40. The summed E-state index contributed by atoms with van der Waals surface area (Å²) in [5.74, 6) is 0. The molecule has 0 radical (unpaired) electrons. The van der Waals surface area contributed by atoms with Crippen LogP contribution in [0.4, 0.5) is 5.69 Å². The highest BCUT2D eigenvalue weighted by molar-refractivity contribution is 9.18. The highest BCUT2D eigenvalue weighted by Gasteiger charge is 1.98. The van der Waals surface area contributed by atoms with E-state index in [9.17, 15) is 0 Å². The molecule has 0 amide bonds. The molecule has 0 saturated carbocycles. The molecule has 0 fully saturated rings. The summed E-state index contributed by atoms with van der Waals surface area (Å²) in [6.07, 6.45) is 0. The first kappa shape index (κ1) is 8.75. The molecule has 1 N–H and O–H groups in total. The summed E-state index contributed by atoms with van der Waals surface area (Å²) in [4.78, 5) is 3.23. The van der Waals surface area contributed by atoms with Gasteiger partial charge in [0, 0.05) is 5.56 Å². The fraction of sp³-hybridized carbons (Fsp3) is 0. The number of benzene rings is 1. The third-order valence-electron chi connectivity index (χ3n) is 1.32. The molecule has 12 heavy (non-hydrogen) atoms. The minimum Gasteiger partial charge on any atom is -0.410 e. The van der Waals surface area contributed by atoms with Gasteiger partial charge in [-0.2, -0.15) is 0 Å². The van der Waals surface area contributed by atoms with Crippen molar-refractivity contribution in [2.75, 3.05) is 0 Å². The van der Waals surface area contributed by atoms with E-state index in [1.807, 2.05) is 0 Å². The van der Waals surface area contributed by atoms with Crippen LogP contribution in [0.3, 0.4) is 0 Å². The molecule has 0 aromatic heterocycles. The third-order valence-corrected chi connectivity index (χ3v) is 1.94. The first-order valence-electron chi connectivity index (χ1n) is 3.13. The molecular formula is C8H5BrN2O. The first-order chi connectivity index (χ1) is 5.77. The van der Waals surface area contributed by atoms with Gasteiger partial charge in [-0.3, -0.25) is 0 Å². The lowest BCUT2D eigenvalue weighted by Gasteiger charge is -1.95. The molecule has 1 aromatic rings. The molecule has 0 aliphatic heterocycles. The molecule has 0 heterocycles. The summed E-state index contributed by atoms with van der Waals surface area (Å²) in [5.41, 5.74) is 1.31. The zero-order valence-corrected chi connectivity index (χ0v) is 7.62. The van der Waals surface area contributed by atoms with Crippen molar-refractivity contribution in [1.82, 2.24) is 0 Å². The molecule has 0 bridgehead atoms. The van der Waals surface area contributed by atoms with Gasteiger partial charge < -0.3 is 5.21 Å². The SMILES string of the molecule is [C-]#[N+]c1ccc(/C(Br)=N/O)cc1. The second kappa shape index (κ2) is 3.88. The molecule has 0 saturated heterocycles. The Morgan fingerprint density at radius 2 is 2.00 bits per heavy atom. The lowest BCUT2D eigenvalue weighted by atomic mass is 10.2. The van der Waals surface area contributed by atoms with E-state index >= 15 is 0 Å². The average Bonchev–Trinajstić information content (AvgIpc) is 2.17. The largest absolute Gasteiger partial charge is 0.410 e. The maximum Gasteiger partial charge on any atom is 0.187 e. The Balaban J connectivity index is 3.02. The van der Waals surface area contributed by atoms with Crippen LogP contribution < -0.4 is 0 Å². The zero-order chi connectivity index (χ0) is 8.97. The van der Waals surface area contributed by atoms with Crippen LogP contribution in [0.25, 0.3) is 4.85 Å². The molecule has 60 valence electrons. The number of rotatable bonds is 1. The van der Waals surface area contributed by atoms with Crippen molar-refractivity contribution in [3.8, 4) is 0 Å². The number of hydrogen-bond donors (Lipinski definition) is 1. The molecule has 1 rings (SSSR count). The van der Waals surface area contributed by atoms with Gasteiger partial charge in [0.2, 0.25) is 0 Å². The molecule has 4 heteroatoms. The number of halogens is 1. The maximum atomic E-state index is 8.40. The Labute approximate surface area is 78.3 Å². The van der Waals surface area contributed by atoms with Crippen molar-refractivity contribution in [3.63, 3.8) is 0 Å². The monoisotopic (exact) mass is 224 g/mol. The molecule has 1 aromatic carbocycles. The van der Waals surface area contributed by atoms with Gasteiger partial charge in [-0.05, 0) is 15.9 Å². The standard InChI is InChI=1S/C8H5BrN2O/c1-10-7-4-2-6(3-5-7)8(9)11-12/h2-5,12H/b11-8-. The van der Waals surface area contributed by atoms with Gasteiger partial charge in [-0.1, -0.05) is 29.4 Å². The van der Waals surface area contributed by atoms with Crippen LogP contribution in [-0.2, 0) is 0 Å². The van der Waals surface area contributed by atoms with E-state index in [1.165, 1.54) is 0 Å². The quantitative estimate of drug-likeness (QED) is 0.339. The van der Waals surface area contributed by atoms with Crippen LogP contribution in [0.15, 0.2) is 29.4 Å². The highest BCUT2D eigenvalue weighted by Crippen LogP contribution is 2.14. The van der Waals surface area contributed by atoms with Crippen LogP contribution >= 0.6 is 15.9 Å². The van der Waals surface area contributed by atoms with Crippen molar-refractivity contribution in [2.45, 2.75) is 0 Å². The van der Waals surface area contributed by atoms with E-state index in [0.717, 1.165) is 5.56 Å². The van der Waals surface area contributed by atoms with Gasteiger partial charge in [0.25, 0.3) is 0 Å². The van der Waals surface area contributed by atoms with Crippen LogP contribution in [-0.4, -0.2) is 9.83 Å². The highest BCUT2D eigenvalue weighted by atomic mass is 79.9. The Hall–Kier alpha value is -1.34. The second-order valence-electron chi connectivity index (χ2n) is 2.05. The van der Waals surface area contributed by atoms with Gasteiger partial charge in [0.1, 0.15) is 0 Å². The minimum absolute atomic E-state index is 0.360. The Bertz CT molecular complexity index is 337. The van der Waals surface area contributed by atoms with Crippen LogP contribution in [0.2, 0.25) is 0 Å². The molecule has 3 nitrogen and oxygen atoms in total. The van der Waals surface area contributed by atoms with Gasteiger partial charge in [-0.25, -0.2) is 4.85 Å². The predicted molar refractivity (Wildman–Crippen MR) is 50.0 cm³/mol. The van der Waals surface area contributed by atoms with E-state index in [2.05, 4.69) is 25.9 Å². The summed E-state index contributed by atoms with van der Waals surface area (Å²) in [6.45, 7) is 6.70. The summed E-state index contributed by atoms with van der Waals surface area (Å²) >= 11 is 3.05. The smallest absolute Gasteiger partial charge is 0.187 e. The van der Waals surface area contributed by atoms with Crippen molar-refractivity contribution >= 4 is 26.2 Å². The summed E-state index contributed by atoms with van der Waals surface area (Å²) in [6, 6.07) is 6.73. The van der Waals surface area contributed by atoms with Gasteiger partial charge in [-0.15, -0.1) is 0 Å². The van der Waals surface area contributed by atoms with Crippen molar-refractivity contribution < 1.29 is 5.21 Å². The molecule has 0 aliphatic carbocycles. The van der Waals surface area contributed by atoms with Crippen molar-refractivity contribution in [3.05, 3.63) is 41.2 Å². The Kier molecular flexibility index (Phi) is 2.83.